The predicted octanol–water partition coefficient (Wildman–Crippen LogP) is 4.26. The monoisotopic (exact) mass is 318 g/mol. The molecule has 1 amide bonds. The first-order valence-electron chi connectivity index (χ1n) is 8.66. The van der Waals surface area contributed by atoms with Gasteiger partial charge >= 0.3 is 6.09 Å². The van der Waals surface area contributed by atoms with Crippen molar-refractivity contribution in [3.05, 3.63) is 29.3 Å². The minimum atomic E-state index is -0.474. The van der Waals surface area contributed by atoms with Gasteiger partial charge in [0.25, 0.3) is 0 Å². The van der Waals surface area contributed by atoms with Crippen molar-refractivity contribution >= 4 is 11.8 Å². The van der Waals surface area contributed by atoms with Gasteiger partial charge in [0, 0.05) is 19.1 Å². The average Bonchev–Trinajstić information content (AvgIpc) is 2.50. The molecule has 2 rings (SSSR count). The third-order valence-corrected chi connectivity index (χ3v) is 4.17. The fraction of sp³-hybridized carbons (Fsp3) is 0.632. The highest BCUT2D eigenvalue weighted by Gasteiger charge is 2.29. The number of amides is 1. The van der Waals surface area contributed by atoms with Crippen LogP contribution in [0.25, 0.3) is 0 Å². The number of nitrogens with one attached hydrogen (secondary N) is 1. The van der Waals surface area contributed by atoms with Gasteiger partial charge in [-0.05, 0) is 58.1 Å². The van der Waals surface area contributed by atoms with E-state index in [2.05, 4.69) is 37.4 Å². The molecule has 23 heavy (non-hydrogen) atoms. The molecule has 0 saturated carbocycles. The van der Waals surface area contributed by atoms with E-state index in [1.165, 1.54) is 11.1 Å². The molecule has 4 heteroatoms. The van der Waals surface area contributed by atoms with Crippen molar-refractivity contribution in [3.63, 3.8) is 0 Å². The summed E-state index contributed by atoms with van der Waals surface area (Å²) < 4.78 is 5.60. The first-order chi connectivity index (χ1) is 10.8. The first kappa shape index (κ1) is 17.8. The van der Waals surface area contributed by atoms with E-state index in [1.54, 1.807) is 0 Å². The molecular weight excluding hydrogens is 288 g/mol. The Balaban J connectivity index is 2.26. The van der Waals surface area contributed by atoms with Gasteiger partial charge in [0.2, 0.25) is 0 Å². The number of rotatable bonds is 4. The topological polar surface area (TPSA) is 41.6 Å². The summed E-state index contributed by atoms with van der Waals surface area (Å²) in [6.07, 6.45) is 2.85. The van der Waals surface area contributed by atoms with Crippen LogP contribution in [0.15, 0.2) is 18.2 Å². The fourth-order valence-corrected chi connectivity index (χ4v) is 2.80. The molecule has 1 aromatic rings. The number of nitrogens with zero attached hydrogens (tertiary/aromatic N) is 1. The van der Waals surface area contributed by atoms with Crippen LogP contribution in [0, 0.1) is 0 Å². The quantitative estimate of drug-likeness (QED) is 0.901. The van der Waals surface area contributed by atoms with Crippen molar-refractivity contribution in [2.75, 3.05) is 11.4 Å². The zero-order chi connectivity index (χ0) is 17.0. The number of carbonyl (C=O) groups excluding carboxylic acids is 1. The van der Waals surface area contributed by atoms with Crippen LogP contribution in [0.3, 0.4) is 0 Å². The summed E-state index contributed by atoms with van der Waals surface area (Å²) in [5, 5.41) is 3.53. The zero-order valence-electron chi connectivity index (χ0n) is 15.1. The van der Waals surface area contributed by atoms with E-state index in [0.29, 0.717) is 6.04 Å². The SMILES string of the molecule is CCC(C)NCc1cccc2c1N(C(=O)OC(C)(C)C)CCC2. The van der Waals surface area contributed by atoms with Gasteiger partial charge in [0.15, 0.2) is 0 Å². The maximum absolute atomic E-state index is 12.6. The second-order valence-electron chi connectivity index (χ2n) is 7.35. The van der Waals surface area contributed by atoms with E-state index in [9.17, 15) is 4.79 Å². The molecule has 1 N–H and O–H groups in total. The van der Waals surface area contributed by atoms with Gasteiger partial charge in [-0.25, -0.2) is 4.79 Å². The van der Waals surface area contributed by atoms with Crippen LogP contribution in [0.5, 0.6) is 0 Å². The van der Waals surface area contributed by atoms with Crippen LogP contribution in [0.4, 0.5) is 10.5 Å². The zero-order valence-corrected chi connectivity index (χ0v) is 15.1. The molecule has 0 radical (unpaired) electrons. The number of aryl methyl sites for hydroxylation is 1. The molecule has 0 fully saturated rings. The number of ether oxygens (including phenoxy) is 1. The van der Waals surface area contributed by atoms with Crippen molar-refractivity contribution in [1.29, 1.82) is 0 Å². The van der Waals surface area contributed by atoms with E-state index in [1.807, 2.05) is 25.7 Å². The molecule has 4 nitrogen and oxygen atoms in total. The number of benzene rings is 1. The number of hydrogen-bond donors (Lipinski definition) is 1. The highest BCUT2D eigenvalue weighted by Crippen LogP contribution is 2.32. The predicted molar refractivity (Wildman–Crippen MR) is 94.9 cm³/mol. The molecule has 1 unspecified atom stereocenters. The molecule has 1 aromatic carbocycles. The van der Waals surface area contributed by atoms with Gasteiger partial charge in [-0.1, -0.05) is 25.1 Å². The first-order valence-corrected chi connectivity index (χ1v) is 8.66. The normalized spacial score (nSPS) is 16.0. The molecule has 0 spiro atoms. The standard InChI is InChI=1S/C19H30N2O2/c1-6-14(2)20-13-16-10-7-9-15-11-8-12-21(17(15)16)18(22)23-19(3,4)5/h7,9-10,14,20H,6,8,11-13H2,1-5H3. The lowest BCUT2D eigenvalue weighted by Gasteiger charge is -2.33. The van der Waals surface area contributed by atoms with Crippen LogP contribution < -0.4 is 10.2 Å². The molecule has 0 bridgehead atoms. The van der Waals surface area contributed by atoms with Crippen LogP contribution >= 0.6 is 0 Å². The third kappa shape index (κ3) is 4.71. The van der Waals surface area contributed by atoms with E-state index < -0.39 is 5.60 Å². The molecule has 1 aliphatic heterocycles. The number of para-hydroxylation sites is 1. The van der Waals surface area contributed by atoms with Crippen molar-refractivity contribution < 1.29 is 9.53 Å². The Hall–Kier alpha value is -1.55. The van der Waals surface area contributed by atoms with E-state index in [-0.39, 0.29) is 6.09 Å². The Bertz CT molecular complexity index is 549. The van der Waals surface area contributed by atoms with Crippen molar-refractivity contribution in [2.45, 2.75) is 72.1 Å². The second kappa shape index (κ2) is 7.35. The summed E-state index contributed by atoms with van der Waals surface area (Å²) in [6.45, 7) is 11.6. The Kier molecular flexibility index (Phi) is 5.69. The lowest BCUT2D eigenvalue weighted by Crippen LogP contribution is -2.40. The summed E-state index contributed by atoms with van der Waals surface area (Å²) in [6, 6.07) is 6.78. The highest BCUT2D eigenvalue weighted by atomic mass is 16.6. The van der Waals surface area contributed by atoms with Gasteiger partial charge in [0.05, 0.1) is 5.69 Å². The van der Waals surface area contributed by atoms with Crippen LogP contribution in [0.2, 0.25) is 0 Å². The summed E-state index contributed by atoms with van der Waals surface area (Å²) in [4.78, 5) is 14.4. The van der Waals surface area contributed by atoms with E-state index in [0.717, 1.165) is 38.0 Å². The van der Waals surface area contributed by atoms with Gasteiger partial charge < -0.3 is 10.1 Å². The van der Waals surface area contributed by atoms with Gasteiger partial charge in [0.1, 0.15) is 5.60 Å². The maximum Gasteiger partial charge on any atom is 0.414 e. The molecular formula is C19H30N2O2. The summed E-state index contributed by atoms with van der Waals surface area (Å²) in [5.74, 6) is 0. The number of hydrogen-bond acceptors (Lipinski definition) is 3. The number of carbonyl (C=O) groups is 1. The van der Waals surface area contributed by atoms with Crippen LogP contribution in [-0.4, -0.2) is 24.3 Å². The van der Waals surface area contributed by atoms with Gasteiger partial charge in [-0.2, -0.15) is 0 Å². The fourth-order valence-electron chi connectivity index (χ4n) is 2.80. The third-order valence-electron chi connectivity index (χ3n) is 4.17. The highest BCUT2D eigenvalue weighted by molar-refractivity contribution is 5.90. The summed E-state index contributed by atoms with van der Waals surface area (Å²) >= 11 is 0. The summed E-state index contributed by atoms with van der Waals surface area (Å²) in [7, 11) is 0. The minimum Gasteiger partial charge on any atom is -0.443 e. The maximum atomic E-state index is 12.6. The van der Waals surface area contributed by atoms with Gasteiger partial charge in [-0.3, -0.25) is 4.90 Å². The Labute approximate surface area is 140 Å². The molecule has 1 atom stereocenters. The van der Waals surface area contributed by atoms with Crippen LogP contribution in [0.1, 0.15) is 58.6 Å². The van der Waals surface area contributed by atoms with Crippen molar-refractivity contribution in [1.82, 2.24) is 5.32 Å². The Morgan fingerprint density at radius 2 is 2.13 bits per heavy atom. The second-order valence-corrected chi connectivity index (χ2v) is 7.35. The number of anilines is 1. The van der Waals surface area contributed by atoms with E-state index >= 15 is 0 Å². The van der Waals surface area contributed by atoms with Crippen LogP contribution in [-0.2, 0) is 17.7 Å². The minimum absolute atomic E-state index is 0.241. The molecule has 0 aromatic heterocycles. The summed E-state index contributed by atoms with van der Waals surface area (Å²) in [5.41, 5.74) is 2.99. The molecule has 1 aliphatic rings. The molecule has 0 saturated heterocycles. The average molecular weight is 318 g/mol. The molecule has 128 valence electrons. The lowest BCUT2D eigenvalue weighted by atomic mass is 9.97. The Morgan fingerprint density at radius 1 is 1.39 bits per heavy atom. The lowest BCUT2D eigenvalue weighted by molar-refractivity contribution is 0.0577. The van der Waals surface area contributed by atoms with Gasteiger partial charge in [-0.15, -0.1) is 0 Å². The van der Waals surface area contributed by atoms with E-state index in [4.69, 9.17) is 4.74 Å². The largest absolute Gasteiger partial charge is 0.443 e. The molecule has 1 heterocycles. The van der Waals surface area contributed by atoms with Crippen molar-refractivity contribution in [2.24, 2.45) is 0 Å². The smallest absolute Gasteiger partial charge is 0.414 e. The number of fused-ring (bicyclic) bond motifs is 1. The Morgan fingerprint density at radius 3 is 2.78 bits per heavy atom. The van der Waals surface area contributed by atoms with Crippen molar-refractivity contribution in [3.8, 4) is 0 Å². The molecule has 0 aliphatic carbocycles.